The number of benzene rings is 1. The number of thiophene rings is 1. The van der Waals surface area contributed by atoms with Crippen LogP contribution < -0.4 is 9.47 Å². The molecule has 0 radical (unpaired) electrons. The molecule has 0 saturated carbocycles. The summed E-state index contributed by atoms with van der Waals surface area (Å²) in [5.74, 6) is 0.524. The molecule has 0 atom stereocenters. The number of carbonyl (C=O) groups is 1. The Labute approximate surface area is 112 Å². The summed E-state index contributed by atoms with van der Waals surface area (Å²) in [4.78, 5) is 21.4. The SMILES string of the molecule is COc1ccc([N+](=O)[O-])c(Oc2ccc(C=O)s2)c1. The van der Waals surface area contributed by atoms with Crippen molar-refractivity contribution >= 4 is 23.3 Å². The van der Waals surface area contributed by atoms with Crippen LogP contribution in [0, 0.1) is 10.1 Å². The fourth-order valence-electron chi connectivity index (χ4n) is 1.41. The zero-order chi connectivity index (χ0) is 13.8. The summed E-state index contributed by atoms with van der Waals surface area (Å²) in [5, 5.41) is 11.3. The lowest BCUT2D eigenvalue weighted by Gasteiger charge is -2.06. The average molecular weight is 279 g/mol. The number of nitro benzene ring substituents is 1. The van der Waals surface area contributed by atoms with Gasteiger partial charge in [0.05, 0.1) is 16.9 Å². The molecule has 0 fully saturated rings. The van der Waals surface area contributed by atoms with Crippen molar-refractivity contribution in [3.8, 4) is 16.6 Å². The molecule has 0 amide bonds. The Hall–Kier alpha value is -2.41. The van der Waals surface area contributed by atoms with Crippen molar-refractivity contribution in [3.05, 3.63) is 45.3 Å². The van der Waals surface area contributed by atoms with Crippen molar-refractivity contribution < 1.29 is 19.2 Å². The van der Waals surface area contributed by atoms with Crippen LogP contribution in [-0.2, 0) is 0 Å². The van der Waals surface area contributed by atoms with Crippen LogP contribution in [0.1, 0.15) is 9.67 Å². The van der Waals surface area contributed by atoms with Gasteiger partial charge in [-0.15, -0.1) is 0 Å². The Morgan fingerprint density at radius 2 is 2.11 bits per heavy atom. The molecule has 98 valence electrons. The highest BCUT2D eigenvalue weighted by Gasteiger charge is 2.17. The first-order valence-electron chi connectivity index (χ1n) is 5.19. The number of nitro groups is 1. The van der Waals surface area contributed by atoms with Crippen LogP contribution in [0.3, 0.4) is 0 Å². The van der Waals surface area contributed by atoms with Gasteiger partial charge in [0.25, 0.3) is 0 Å². The monoisotopic (exact) mass is 279 g/mol. The van der Waals surface area contributed by atoms with Gasteiger partial charge in [-0.25, -0.2) is 0 Å². The average Bonchev–Trinajstić information content (AvgIpc) is 2.86. The van der Waals surface area contributed by atoms with E-state index >= 15 is 0 Å². The number of nitrogens with zero attached hydrogens (tertiary/aromatic N) is 1. The van der Waals surface area contributed by atoms with Gasteiger partial charge < -0.3 is 9.47 Å². The maximum atomic E-state index is 10.9. The number of ether oxygens (including phenoxy) is 2. The molecule has 1 aromatic carbocycles. The minimum atomic E-state index is -0.539. The Kier molecular flexibility index (Phi) is 3.76. The highest BCUT2D eigenvalue weighted by atomic mass is 32.1. The number of hydrogen-bond donors (Lipinski definition) is 0. The van der Waals surface area contributed by atoms with Gasteiger partial charge in [-0.2, -0.15) is 0 Å². The second-order valence-electron chi connectivity index (χ2n) is 3.47. The normalized spacial score (nSPS) is 9.95. The largest absolute Gasteiger partial charge is 0.497 e. The van der Waals surface area contributed by atoms with Crippen molar-refractivity contribution in [2.45, 2.75) is 0 Å². The van der Waals surface area contributed by atoms with E-state index in [1.807, 2.05) is 0 Å². The van der Waals surface area contributed by atoms with Gasteiger partial charge in [0.2, 0.25) is 5.75 Å². The topological polar surface area (TPSA) is 78.7 Å². The molecule has 2 aromatic rings. The standard InChI is InChI=1S/C12H9NO5S/c1-17-8-2-4-10(13(15)16)11(6-8)18-12-5-3-9(7-14)19-12/h2-7H,1H3. The summed E-state index contributed by atoms with van der Waals surface area (Å²) in [6.45, 7) is 0. The highest BCUT2D eigenvalue weighted by Crippen LogP contribution is 2.36. The van der Waals surface area contributed by atoms with Crippen molar-refractivity contribution in [2.75, 3.05) is 7.11 Å². The van der Waals surface area contributed by atoms with E-state index < -0.39 is 4.92 Å². The van der Waals surface area contributed by atoms with Crippen molar-refractivity contribution in [3.63, 3.8) is 0 Å². The van der Waals surface area contributed by atoms with Crippen molar-refractivity contribution in [1.29, 1.82) is 0 Å². The van der Waals surface area contributed by atoms with E-state index in [9.17, 15) is 14.9 Å². The lowest BCUT2D eigenvalue weighted by Crippen LogP contribution is -1.93. The fourth-order valence-corrected chi connectivity index (χ4v) is 2.10. The third kappa shape index (κ3) is 2.89. The predicted molar refractivity (Wildman–Crippen MR) is 69.4 cm³/mol. The lowest BCUT2D eigenvalue weighted by atomic mass is 10.3. The van der Waals surface area contributed by atoms with Gasteiger partial charge in [-0.3, -0.25) is 14.9 Å². The quantitative estimate of drug-likeness (QED) is 0.477. The molecule has 19 heavy (non-hydrogen) atoms. The van der Waals surface area contributed by atoms with Crippen LogP contribution in [0.5, 0.6) is 16.6 Å². The molecular weight excluding hydrogens is 270 g/mol. The van der Waals surface area contributed by atoms with Crippen LogP contribution >= 0.6 is 11.3 Å². The molecule has 0 bridgehead atoms. The third-order valence-electron chi connectivity index (χ3n) is 2.29. The van der Waals surface area contributed by atoms with Gasteiger partial charge in [-0.05, 0) is 18.2 Å². The molecule has 0 spiro atoms. The van der Waals surface area contributed by atoms with Crippen molar-refractivity contribution in [2.24, 2.45) is 0 Å². The van der Waals surface area contributed by atoms with E-state index in [1.54, 1.807) is 12.1 Å². The van der Waals surface area contributed by atoms with E-state index in [0.29, 0.717) is 22.0 Å². The summed E-state index contributed by atoms with van der Waals surface area (Å²) < 4.78 is 10.4. The summed E-state index contributed by atoms with van der Waals surface area (Å²) in [7, 11) is 1.46. The van der Waals surface area contributed by atoms with E-state index in [-0.39, 0.29) is 11.4 Å². The maximum absolute atomic E-state index is 10.9. The number of rotatable bonds is 5. The first-order valence-corrected chi connectivity index (χ1v) is 6.01. The summed E-state index contributed by atoms with van der Waals surface area (Å²) >= 11 is 1.11. The molecule has 0 aliphatic heterocycles. The highest BCUT2D eigenvalue weighted by molar-refractivity contribution is 7.15. The number of aldehydes is 1. The van der Waals surface area contributed by atoms with Crippen LogP contribution in [-0.4, -0.2) is 18.3 Å². The lowest BCUT2D eigenvalue weighted by molar-refractivity contribution is -0.385. The Morgan fingerprint density at radius 3 is 2.68 bits per heavy atom. The van der Waals surface area contributed by atoms with Crippen LogP contribution in [0.4, 0.5) is 5.69 Å². The van der Waals surface area contributed by atoms with Gasteiger partial charge >= 0.3 is 5.69 Å². The fraction of sp³-hybridized carbons (Fsp3) is 0.0833. The summed E-state index contributed by atoms with van der Waals surface area (Å²) in [6.07, 6.45) is 0.692. The molecule has 6 nitrogen and oxygen atoms in total. The molecule has 7 heteroatoms. The van der Waals surface area contributed by atoms with E-state index in [4.69, 9.17) is 9.47 Å². The van der Waals surface area contributed by atoms with Crippen molar-refractivity contribution in [1.82, 2.24) is 0 Å². The Bertz CT molecular complexity index is 622. The predicted octanol–water partition coefficient (Wildman–Crippen LogP) is 3.27. The van der Waals surface area contributed by atoms with Gasteiger partial charge in [0.1, 0.15) is 5.75 Å². The first kappa shape index (κ1) is 13.0. The van der Waals surface area contributed by atoms with Crippen LogP contribution in [0.2, 0.25) is 0 Å². The Morgan fingerprint density at radius 1 is 1.32 bits per heavy atom. The zero-order valence-corrected chi connectivity index (χ0v) is 10.7. The molecule has 1 heterocycles. The molecule has 2 rings (SSSR count). The summed E-state index contributed by atoms with van der Waals surface area (Å²) in [5.41, 5.74) is -0.165. The molecule has 0 aliphatic carbocycles. The van der Waals surface area contributed by atoms with Gasteiger partial charge in [0.15, 0.2) is 11.3 Å². The molecule has 0 unspecified atom stereocenters. The third-order valence-corrected chi connectivity index (χ3v) is 3.18. The number of carbonyl (C=O) groups excluding carboxylic acids is 1. The number of methoxy groups -OCH3 is 1. The first-order chi connectivity index (χ1) is 9.13. The molecule has 0 aliphatic rings. The smallest absolute Gasteiger partial charge is 0.311 e. The summed E-state index contributed by atoms with van der Waals surface area (Å²) in [6, 6.07) is 7.38. The van der Waals surface area contributed by atoms with Crippen LogP contribution in [0.15, 0.2) is 30.3 Å². The van der Waals surface area contributed by atoms with E-state index in [1.165, 1.54) is 25.3 Å². The molecule has 0 saturated heterocycles. The van der Waals surface area contributed by atoms with E-state index in [2.05, 4.69) is 0 Å². The zero-order valence-electron chi connectivity index (χ0n) is 9.86. The Balaban J connectivity index is 2.36. The second-order valence-corrected chi connectivity index (χ2v) is 4.55. The minimum Gasteiger partial charge on any atom is -0.497 e. The number of hydrogen-bond acceptors (Lipinski definition) is 6. The van der Waals surface area contributed by atoms with Gasteiger partial charge in [-0.1, -0.05) is 11.3 Å². The second kappa shape index (κ2) is 5.49. The molecular formula is C12H9NO5S. The molecule has 0 N–H and O–H groups in total. The van der Waals surface area contributed by atoms with Gasteiger partial charge in [0, 0.05) is 12.1 Å². The van der Waals surface area contributed by atoms with E-state index in [0.717, 1.165) is 11.3 Å². The maximum Gasteiger partial charge on any atom is 0.311 e. The van der Waals surface area contributed by atoms with Crippen LogP contribution in [0.25, 0.3) is 0 Å². The minimum absolute atomic E-state index is 0.0728. The molecule has 1 aromatic heterocycles.